The number of ether oxygens (including phenoxy) is 3. The molecule has 0 aromatic rings. The molecule has 0 unspecified atom stereocenters. The molecule has 0 aliphatic carbocycles. The van der Waals surface area contributed by atoms with Crippen molar-refractivity contribution >= 4 is 0 Å². The van der Waals surface area contributed by atoms with Crippen molar-refractivity contribution in [2.24, 2.45) is 0 Å². The topological polar surface area (TPSA) is 169 Å². The van der Waals surface area contributed by atoms with Gasteiger partial charge in [-0.15, -0.1) is 0 Å². The molecule has 23 heavy (non-hydrogen) atoms. The van der Waals surface area contributed by atoms with Gasteiger partial charge in [-0.3, -0.25) is 0 Å². The third-order valence-corrected chi connectivity index (χ3v) is 3.95. The maximum atomic E-state index is 13.3. The third kappa shape index (κ3) is 3.64. The van der Waals surface area contributed by atoms with Gasteiger partial charge in [0, 0.05) is 0 Å². The lowest BCUT2D eigenvalue weighted by Crippen LogP contribution is -2.64. The second-order valence-electron chi connectivity index (χ2n) is 5.49. The maximum absolute atomic E-state index is 13.3. The summed E-state index contributed by atoms with van der Waals surface area (Å²) in [5.74, 6) is 0. The molecule has 2 aliphatic heterocycles. The van der Waals surface area contributed by atoms with Crippen molar-refractivity contribution in [2.75, 3.05) is 13.2 Å². The molecule has 2 saturated heterocycles. The summed E-state index contributed by atoms with van der Waals surface area (Å²) >= 11 is 0. The minimum Gasteiger partial charge on any atom is -0.394 e. The molecule has 2 heterocycles. The highest BCUT2D eigenvalue weighted by Crippen LogP contribution is 2.29. The lowest BCUT2D eigenvalue weighted by molar-refractivity contribution is -0.349. The first-order valence-electron chi connectivity index (χ1n) is 7.04. The Balaban J connectivity index is 2.11. The minimum absolute atomic E-state index is 0.687. The highest BCUT2D eigenvalue weighted by atomic mass is 19.1. The van der Waals surface area contributed by atoms with Crippen molar-refractivity contribution in [3.8, 4) is 0 Å². The molecule has 10 nitrogen and oxygen atoms in total. The van der Waals surface area contributed by atoms with E-state index in [1.807, 2.05) is 0 Å². The van der Waals surface area contributed by atoms with Gasteiger partial charge in [0.1, 0.15) is 48.8 Å². The lowest BCUT2D eigenvalue weighted by atomic mass is 9.97. The van der Waals surface area contributed by atoms with E-state index >= 15 is 0 Å². The third-order valence-electron chi connectivity index (χ3n) is 3.95. The number of aliphatic hydroxyl groups is 7. The van der Waals surface area contributed by atoms with E-state index in [4.69, 9.17) is 14.6 Å². The summed E-state index contributed by atoms with van der Waals surface area (Å²) in [5.41, 5.74) is 0. The molecular weight excluding hydrogens is 323 g/mol. The van der Waals surface area contributed by atoms with Crippen LogP contribution in [0.1, 0.15) is 0 Å². The predicted octanol–water partition coefficient (Wildman–Crippen LogP) is -4.42. The monoisotopic (exact) mass is 344 g/mol. The van der Waals surface area contributed by atoms with Crippen LogP contribution in [0.5, 0.6) is 0 Å². The predicted molar refractivity (Wildman–Crippen MR) is 67.5 cm³/mol. The van der Waals surface area contributed by atoms with Crippen LogP contribution in [0.4, 0.5) is 4.39 Å². The quantitative estimate of drug-likeness (QED) is 0.264. The smallest absolute Gasteiger partial charge is 0.228 e. The van der Waals surface area contributed by atoms with E-state index in [-0.39, 0.29) is 0 Å². The summed E-state index contributed by atoms with van der Waals surface area (Å²) in [5, 5.41) is 66.8. The van der Waals surface area contributed by atoms with Gasteiger partial charge in [-0.25, -0.2) is 4.39 Å². The molecule has 2 aliphatic rings. The Labute approximate surface area is 130 Å². The molecule has 7 N–H and O–H groups in total. The Bertz CT molecular complexity index is 383. The first kappa shape index (κ1) is 18.9. The van der Waals surface area contributed by atoms with Crippen molar-refractivity contribution in [1.82, 2.24) is 0 Å². The SMILES string of the molecule is OC[C@H]1O[C@@H](O[C@H]2[C@H](O)[C@@H](O)[C@H](F)O[C@@H]2CO)[C@H](O)[C@@H](O)[C@@H]1O. The highest BCUT2D eigenvalue weighted by Gasteiger charge is 2.50. The zero-order chi connectivity index (χ0) is 17.3. The van der Waals surface area contributed by atoms with Gasteiger partial charge in [0.2, 0.25) is 6.36 Å². The van der Waals surface area contributed by atoms with Crippen LogP contribution in [-0.2, 0) is 14.2 Å². The number of alkyl halides is 1. The number of hydrogen-bond acceptors (Lipinski definition) is 10. The van der Waals surface area contributed by atoms with Gasteiger partial charge in [0.25, 0.3) is 0 Å². The van der Waals surface area contributed by atoms with Gasteiger partial charge in [0.05, 0.1) is 13.2 Å². The lowest BCUT2D eigenvalue weighted by Gasteiger charge is -2.44. The van der Waals surface area contributed by atoms with Crippen LogP contribution in [0.3, 0.4) is 0 Å². The first-order valence-corrected chi connectivity index (χ1v) is 7.04. The van der Waals surface area contributed by atoms with E-state index in [2.05, 4.69) is 4.74 Å². The summed E-state index contributed by atoms with van der Waals surface area (Å²) < 4.78 is 28.3. The highest BCUT2D eigenvalue weighted by molar-refractivity contribution is 4.93. The zero-order valence-electron chi connectivity index (χ0n) is 11.9. The van der Waals surface area contributed by atoms with E-state index in [0.29, 0.717) is 0 Å². The van der Waals surface area contributed by atoms with E-state index in [1.54, 1.807) is 0 Å². The van der Waals surface area contributed by atoms with Crippen molar-refractivity contribution in [1.29, 1.82) is 0 Å². The van der Waals surface area contributed by atoms with Crippen LogP contribution in [0.25, 0.3) is 0 Å². The first-order chi connectivity index (χ1) is 10.8. The van der Waals surface area contributed by atoms with Crippen molar-refractivity contribution in [3.05, 3.63) is 0 Å². The Morgan fingerprint density at radius 1 is 0.739 bits per heavy atom. The van der Waals surface area contributed by atoms with Crippen LogP contribution in [0.2, 0.25) is 0 Å². The van der Waals surface area contributed by atoms with Crippen molar-refractivity contribution in [2.45, 2.75) is 61.5 Å². The molecule has 0 radical (unpaired) electrons. The molecule has 2 fully saturated rings. The fraction of sp³-hybridized carbons (Fsp3) is 1.00. The van der Waals surface area contributed by atoms with Crippen LogP contribution < -0.4 is 0 Å². The molecule has 0 aromatic heterocycles. The van der Waals surface area contributed by atoms with E-state index in [0.717, 1.165) is 0 Å². The van der Waals surface area contributed by atoms with Crippen LogP contribution in [0, 0.1) is 0 Å². The standard InChI is InChI=1S/C12H21FO10/c13-11-8(19)7(18)10(4(2-15)21-11)23-12-9(20)6(17)5(16)3(1-14)22-12/h3-12,14-20H,1-2H2/t3-,4-,5-,6+,7-,8-,9-,10-,11-,12+/m1/s1. The molecule has 0 amide bonds. The fourth-order valence-corrected chi connectivity index (χ4v) is 2.54. The molecule has 0 spiro atoms. The van der Waals surface area contributed by atoms with Crippen LogP contribution in [0.15, 0.2) is 0 Å². The van der Waals surface area contributed by atoms with E-state index in [1.165, 1.54) is 0 Å². The van der Waals surface area contributed by atoms with Gasteiger partial charge in [-0.2, -0.15) is 0 Å². The van der Waals surface area contributed by atoms with E-state index < -0.39 is 74.7 Å². The van der Waals surface area contributed by atoms with Gasteiger partial charge in [-0.1, -0.05) is 0 Å². The molecule has 136 valence electrons. The number of halogens is 1. The van der Waals surface area contributed by atoms with Gasteiger partial charge in [-0.05, 0) is 0 Å². The Morgan fingerprint density at radius 2 is 1.35 bits per heavy atom. The average molecular weight is 344 g/mol. The van der Waals surface area contributed by atoms with Crippen LogP contribution in [-0.4, -0.2) is 110 Å². The number of rotatable bonds is 4. The largest absolute Gasteiger partial charge is 0.394 e. The van der Waals surface area contributed by atoms with Crippen molar-refractivity contribution in [3.63, 3.8) is 0 Å². The Hall–Kier alpha value is -0.470. The molecule has 11 heteroatoms. The average Bonchev–Trinajstić information content (AvgIpc) is 2.55. The van der Waals surface area contributed by atoms with Gasteiger partial charge >= 0.3 is 0 Å². The number of aliphatic hydroxyl groups excluding tert-OH is 7. The second kappa shape index (κ2) is 7.61. The van der Waals surface area contributed by atoms with Crippen LogP contribution >= 0.6 is 0 Å². The summed E-state index contributed by atoms with van der Waals surface area (Å²) in [4.78, 5) is 0. The Morgan fingerprint density at radius 3 is 1.91 bits per heavy atom. The van der Waals surface area contributed by atoms with Gasteiger partial charge in [0.15, 0.2) is 6.29 Å². The molecule has 10 atom stereocenters. The Kier molecular flexibility index (Phi) is 6.24. The normalized spacial score (nSPS) is 51.7. The maximum Gasteiger partial charge on any atom is 0.228 e. The second-order valence-corrected chi connectivity index (χ2v) is 5.49. The minimum atomic E-state index is -2.24. The summed E-state index contributed by atoms with van der Waals surface area (Å²) in [6, 6.07) is 0. The summed E-state index contributed by atoms with van der Waals surface area (Å²) in [7, 11) is 0. The zero-order valence-corrected chi connectivity index (χ0v) is 11.9. The fourth-order valence-electron chi connectivity index (χ4n) is 2.54. The van der Waals surface area contributed by atoms with Crippen molar-refractivity contribution < 1.29 is 54.3 Å². The molecular formula is C12H21FO10. The molecule has 0 saturated carbocycles. The number of hydrogen-bond donors (Lipinski definition) is 7. The molecule has 0 aromatic carbocycles. The molecule has 2 rings (SSSR count). The summed E-state index contributed by atoms with van der Waals surface area (Å²) in [6.45, 7) is -1.45. The molecule has 0 bridgehead atoms. The van der Waals surface area contributed by atoms with E-state index in [9.17, 15) is 35.0 Å². The van der Waals surface area contributed by atoms with Gasteiger partial charge < -0.3 is 50.0 Å². The summed E-state index contributed by atoms with van der Waals surface area (Å²) in [6.07, 6.45) is -16.8.